The highest BCUT2D eigenvalue weighted by molar-refractivity contribution is 5.81. The van der Waals surface area contributed by atoms with Crippen molar-refractivity contribution in [2.45, 2.75) is 58.3 Å². The van der Waals surface area contributed by atoms with E-state index < -0.39 is 0 Å². The fraction of sp³-hybridized carbons (Fsp3) is 0.889. The summed E-state index contributed by atoms with van der Waals surface area (Å²) in [6.45, 7) is 6.49. The Morgan fingerprint density at radius 2 is 2.00 bits per heavy atom. The molecular formula is C18H33N3O2. The Labute approximate surface area is 140 Å². The molecule has 0 aromatic carbocycles. The number of nitrogens with one attached hydrogen (secondary N) is 2. The minimum Gasteiger partial charge on any atom is -0.356 e. The molecule has 0 radical (unpaired) electrons. The third kappa shape index (κ3) is 6.13. The lowest BCUT2D eigenvalue weighted by Crippen LogP contribution is -2.45. The first kappa shape index (κ1) is 18.2. The van der Waals surface area contributed by atoms with Crippen molar-refractivity contribution in [2.75, 3.05) is 32.7 Å². The van der Waals surface area contributed by atoms with Gasteiger partial charge in [0.1, 0.15) is 0 Å². The highest BCUT2D eigenvalue weighted by Crippen LogP contribution is 2.21. The molecule has 2 N–H and O–H groups in total. The Morgan fingerprint density at radius 3 is 2.74 bits per heavy atom. The van der Waals surface area contributed by atoms with Gasteiger partial charge < -0.3 is 15.5 Å². The normalized spacial score (nSPS) is 22.8. The molecule has 2 aliphatic heterocycles. The summed E-state index contributed by atoms with van der Waals surface area (Å²) in [6, 6.07) is 0. The summed E-state index contributed by atoms with van der Waals surface area (Å²) in [5.41, 5.74) is 0. The minimum atomic E-state index is -0.0107. The summed E-state index contributed by atoms with van der Waals surface area (Å²) < 4.78 is 0. The van der Waals surface area contributed by atoms with Crippen LogP contribution in [0.1, 0.15) is 58.3 Å². The average molecular weight is 323 g/mol. The number of piperidine rings is 2. The Bertz CT molecular complexity index is 380. The van der Waals surface area contributed by atoms with Gasteiger partial charge in [0.2, 0.25) is 11.8 Å². The summed E-state index contributed by atoms with van der Waals surface area (Å²) in [5.74, 6) is 1.06. The van der Waals surface area contributed by atoms with Crippen molar-refractivity contribution < 1.29 is 9.59 Å². The van der Waals surface area contributed by atoms with Crippen LogP contribution in [-0.2, 0) is 9.59 Å². The van der Waals surface area contributed by atoms with Crippen LogP contribution in [-0.4, -0.2) is 49.4 Å². The molecule has 2 amide bonds. The molecule has 1 unspecified atom stereocenters. The van der Waals surface area contributed by atoms with Gasteiger partial charge in [-0.15, -0.1) is 0 Å². The molecule has 1 atom stereocenters. The molecule has 0 aliphatic carbocycles. The molecule has 2 saturated heterocycles. The number of likely N-dealkylation sites (tertiary alicyclic amines) is 1. The van der Waals surface area contributed by atoms with Crippen molar-refractivity contribution in [3.05, 3.63) is 0 Å². The summed E-state index contributed by atoms with van der Waals surface area (Å²) in [5, 5.41) is 6.38. The SMILES string of the molecule is CCCCNC(=O)C1CCCN(C(=O)CCC2CCNCC2)C1. The number of rotatable bonds is 7. The zero-order valence-corrected chi connectivity index (χ0v) is 14.6. The van der Waals surface area contributed by atoms with Crippen LogP contribution >= 0.6 is 0 Å². The van der Waals surface area contributed by atoms with E-state index >= 15 is 0 Å². The lowest BCUT2D eigenvalue weighted by Gasteiger charge is -2.32. The van der Waals surface area contributed by atoms with E-state index in [0.29, 0.717) is 18.9 Å². The molecule has 5 heteroatoms. The van der Waals surface area contributed by atoms with Crippen LogP contribution in [0.4, 0.5) is 0 Å². The van der Waals surface area contributed by atoms with Crippen molar-refractivity contribution in [1.29, 1.82) is 0 Å². The van der Waals surface area contributed by atoms with Gasteiger partial charge in [-0.3, -0.25) is 9.59 Å². The van der Waals surface area contributed by atoms with Crippen LogP contribution in [0.3, 0.4) is 0 Å². The number of carbonyl (C=O) groups excluding carboxylic acids is 2. The monoisotopic (exact) mass is 323 g/mol. The average Bonchev–Trinajstić information content (AvgIpc) is 2.61. The molecule has 0 bridgehead atoms. The molecule has 2 heterocycles. The van der Waals surface area contributed by atoms with E-state index in [9.17, 15) is 9.59 Å². The van der Waals surface area contributed by atoms with Gasteiger partial charge in [0.25, 0.3) is 0 Å². The van der Waals surface area contributed by atoms with E-state index in [2.05, 4.69) is 17.6 Å². The summed E-state index contributed by atoms with van der Waals surface area (Å²) >= 11 is 0. The third-order valence-electron chi connectivity index (χ3n) is 5.20. The summed E-state index contributed by atoms with van der Waals surface area (Å²) in [7, 11) is 0. The molecule has 2 aliphatic rings. The van der Waals surface area contributed by atoms with Crippen molar-refractivity contribution in [3.63, 3.8) is 0 Å². The van der Waals surface area contributed by atoms with Gasteiger partial charge in [-0.2, -0.15) is 0 Å². The van der Waals surface area contributed by atoms with Crippen molar-refractivity contribution >= 4 is 11.8 Å². The summed E-state index contributed by atoms with van der Waals surface area (Å²) in [6.07, 6.45) is 8.01. The number of unbranched alkanes of at least 4 members (excludes halogenated alkanes) is 1. The zero-order valence-electron chi connectivity index (χ0n) is 14.6. The van der Waals surface area contributed by atoms with Gasteiger partial charge >= 0.3 is 0 Å². The standard InChI is InChI=1S/C18H33N3O2/c1-2-3-10-20-18(23)16-5-4-13-21(14-16)17(22)7-6-15-8-11-19-12-9-15/h15-16,19H,2-14H2,1H3,(H,20,23). The fourth-order valence-electron chi connectivity index (χ4n) is 3.61. The van der Waals surface area contributed by atoms with Crippen LogP contribution in [0.15, 0.2) is 0 Å². The quantitative estimate of drug-likeness (QED) is 0.704. The zero-order chi connectivity index (χ0) is 16.5. The van der Waals surface area contributed by atoms with Gasteiger partial charge in [-0.25, -0.2) is 0 Å². The maximum Gasteiger partial charge on any atom is 0.224 e. The predicted molar refractivity (Wildman–Crippen MR) is 92.0 cm³/mol. The van der Waals surface area contributed by atoms with Gasteiger partial charge in [0.15, 0.2) is 0 Å². The van der Waals surface area contributed by atoms with E-state index in [1.807, 2.05) is 4.90 Å². The van der Waals surface area contributed by atoms with Crippen LogP contribution in [0.25, 0.3) is 0 Å². The van der Waals surface area contributed by atoms with Crippen molar-refractivity contribution in [3.8, 4) is 0 Å². The molecule has 5 nitrogen and oxygen atoms in total. The Morgan fingerprint density at radius 1 is 1.22 bits per heavy atom. The molecule has 2 rings (SSSR count). The van der Waals surface area contributed by atoms with Crippen LogP contribution < -0.4 is 10.6 Å². The predicted octanol–water partition coefficient (Wildman–Crippen LogP) is 1.92. The molecule has 0 aromatic rings. The van der Waals surface area contributed by atoms with E-state index in [0.717, 1.165) is 58.3 Å². The Hall–Kier alpha value is -1.10. The molecule has 23 heavy (non-hydrogen) atoms. The lowest BCUT2D eigenvalue weighted by atomic mass is 9.92. The second kappa shape index (κ2) is 9.91. The van der Waals surface area contributed by atoms with E-state index in [1.54, 1.807) is 0 Å². The maximum atomic E-state index is 12.4. The first-order chi connectivity index (χ1) is 11.2. The second-order valence-electron chi connectivity index (χ2n) is 7.06. The van der Waals surface area contributed by atoms with Gasteiger partial charge in [-0.05, 0) is 57.5 Å². The molecule has 0 aromatic heterocycles. The summed E-state index contributed by atoms with van der Waals surface area (Å²) in [4.78, 5) is 26.6. The maximum absolute atomic E-state index is 12.4. The highest BCUT2D eigenvalue weighted by Gasteiger charge is 2.28. The first-order valence-electron chi connectivity index (χ1n) is 9.47. The van der Waals surface area contributed by atoms with E-state index in [1.165, 1.54) is 12.8 Å². The van der Waals surface area contributed by atoms with Crippen LogP contribution in [0.2, 0.25) is 0 Å². The van der Waals surface area contributed by atoms with Crippen molar-refractivity contribution in [1.82, 2.24) is 15.5 Å². The number of nitrogens with zero attached hydrogens (tertiary/aromatic N) is 1. The van der Waals surface area contributed by atoms with Gasteiger partial charge in [0.05, 0.1) is 5.92 Å². The third-order valence-corrected chi connectivity index (χ3v) is 5.20. The molecular weight excluding hydrogens is 290 g/mol. The number of carbonyl (C=O) groups is 2. The van der Waals surface area contributed by atoms with Crippen LogP contribution in [0, 0.1) is 11.8 Å². The van der Waals surface area contributed by atoms with Gasteiger partial charge in [0, 0.05) is 26.1 Å². The second-order valence-corrected chi connectivity index (χ2v) is 7.06. The fourth-order valence-corrected chi connectivity index (χ4v) is 3.61. The topological polar surface area (TPSA) is 61.4 Å². The Balaban J connectivity index is 1.71. The van der Waals surface area contributed by atoms with Crippen molar-refractivity contribution in [2.24, 2.45) is 11.8 Å². The smallest absolute Gasteiger partial charge is 0.224 e. The molecule has 0 saturated carbocycles. The molecule has 0 spiro atoms. The Kier molecular flexibility index (Phi) is 7.86. The minimum absolute atomic E-state index is 0.0107. The van der Waals surface area contributed by atoms with Gasteiger partial charge in [-0.1, -0.05) is 13.3 Å². The molecule has 132 valence electrons. The largest absolute Gasteiger partial charge is 0.356 e. The number of amides is 2. The van der Waals surface area contributed by atoms with Crippen LogP contribution in [0.5, 0.6) is 0 Å². The lowest BCUT2D eigenvalue weighted by molar-refractivity contribution is -0.136. The van der Waals surface area contributed by atoms with E-state index in [-0.39, 0.29) is 17.7 Å². The number of hydrogen-bond donors (Lipinski definition) is 2. The molecule has 2 fully saturated rings. The number of hydrogen-bond acceptors (Lipinski definition) is 3. The highest BCUT2D eigenvalue weighted by atomic mass is 16.2. The first-order valence-corrected chi connectivity index (χ1v) is 9.47. The van der Waals surface area contributed by atoms with E-state index in [4.69, 9.17) is 0 Å².